The highest BCUT2D eigenvalue weighted by molar-refractivity contribution is 7.12. The van der Waals surface area contributed by atoms with E-state index in [-0.39, 0.29) is 5.41 Å². The summed E-state index contributed by atoms with van der Waals surface area (Å²) in [6.07, 6.45) is 0.853. The Balaban J connectivity index is 2.60. The lowest BCUT2D eigenvalue weighted by Gasteiger charge is -2.15. The van der Waals surface area contributed by atoms with Crippen molar-refractivity contribution in [1.82, 2.24) is 0 Å². The molecule has 1 heterocycles. The molecule has 3 heteroatoms. The molecule has 0 aromatic carbocycles. The Morgan fingerprint density at radius 2 is 2.33 bits per heavy atom. The summed E-state index contributed by atoms with van der Waals surface area (Å²) in [7, 11) is 0. The van der Waals surface area contributed by atoms with Gasteiger partial charge >= 0.3 is 0 Å². The van der Waals surface area contributed by atoms with Crippen molar-refractivity contribution in [1.29, 1.82) is 0 Å². The lowest BCUT2D eigenvalue weighted by Crippen LogP contribution is -2.12. The summed E-state index contributed by atoms with van der Waals surface area (Å²) in [5.41, 5.74) is 2.31. The van der Waals surface area contributed by atoms with Crippen molar-refractivity contribution in [3.8, 4) is 0 Å². The molecule has 0 saturated carbocycles. The normalized spacial score (nSPS) is 23.0. The minimum absolute atomic E-state index is 0.150. The Morgan fingerprint density at radius 1 is 1.58 bits per heavy atom. The summed E-state index contributed by atoms with van der Waals surface area (Å²) < 4.78 is 0. The largest absolute Gasteiger partial charge is 0.411 e. The van der Waals surface area contributed by atoms with Crippen molar-refractivity contribution >= 4 is 17.0 Å². The van der Waals surface area contributed by atoms with E-state index in [0.29, 0.717) is 0 Å². The molecule has 1 aliphatic rings. The van der Waals surface area contributed by atoms with Crippen LogP contribution in [0.4, 0.5) is 0 Å². The summed E-state index contributed by atoms with van der Waals surface area (Å²) in [6, 6.07) is 2.12. The second-order valence-corrected chi connectivity index (χ2v) is 4.69. The van der Waals surface area contributed by atoms with Gasteiger partial charge in [-0.1, -0.05) is 19.0 Å². The molecule has 0 atom stereocenters. The van der Waals surface area contributed by atoms with Gasteiger partial charge in [0.15, 0.2) is 0 Å². The van der Waals surface area contributed by atoms with Crippen LogP contribution in [-0.4, -0.2) is 10.9 Å². The van der Waals surface area contributed by atoms with Crippen molar-refractivity contribution in [3.05, 3.63) is 21.9 Å². The van der Waals surface area contributed by atoms with Gasteiger partial charge in [-0.15, -0.1) is 11.3 Å². The van der Waals surface area contributed by atoms with E-state index in [2.05, 4.69) is 30.4 Å². The molecule has 0 radical (unpaired) electrons. The smallest absolute Gasteiger partial charge is 0.0978 e. The first kappa shape index (κ1) is 7.80. The molecule has 0 aliphatic heterocycles. The Hall–Kier alpha value is -0.830. The summed E-state index contributed by atoms with van der Waals surface area (Å²) in [4.78, 5) is 1.16. The quantitative estimate of drug-likeness (QED) is 0.484. The lowest BCUT2D eigenvalue weighted by atomic mass is 9.88. The van der Waals surface area contributed by atoms with Crippen LogP contribution < -0.4 is 0 Å². The molecule has 0 saturated heterocycles. The van der Waals surface area contributed by atoms with E-state index < -0.39 is 0 Å². The predicted octanol–water partition coefficient (Wildman–Crippen LogP) is 2.61. The first-order valence-corrected chi connectivity index (χ1v) is 4.82. The van der Waals surface area contributed by atoms with Crippen LogP contribution >= 0.6 is 11.3 Å². The molecule has 2 nitrogen and oxygen atoms in total. The van der Waals surface area contributed by atoms with Gasteiger partial charge in [0, 0.05) is 6.42 Å². The van der Waals surface area contributed by atoms with Crippen molar-refractivity contribution < 1.29 is 5.21 Å². The fourth-order valence-electron chi connectivity index (χ4n) is 1.74. The number of oxime groups is 1. The monoisotopic (exact) mass is 181 g/mol. The second kappa shape index (κ2) is 2.33. The Bertz CT molecular complexity index is 338. The number of hydrogen-bond donors (Lipinski definition) is 1. The zero-order valence-electron chi connectivity index (χ0n) is 7.16. The Morgan fingerprint density at radius 3 is 3.00 bits per heavy atom. The van der Waals surface area contributed by atoms with E-state index in [4.69, 9.17) is 5.21 Å². The number of fused-ring (bicyclic) bond motifs is 1. The van der Waals surface area contributed by atoms with Crippen LogP contribution in [0.5, 0.6) is 0 Å². The SMILES string of the molecule is CC1(C)CC(=NO)c2sccc21. The molecule has 0 amide bonds. The average Bonchev–Trinajstić information content (AvgIpc) is 2.54. The molecule has 1 aliphatic carbocycles. The summed E-state index contributed by atoms with van der Waals surface area (Å²) in [6.45, 7) is 4.35. The third-order valence-electron chi connectivity index (χ3n) is 2.39. The van der Waals surface area contributed by atoms with Gasteiger partial charge in [-0.2, -0.15) is 0 Å². The molecule has 0 bridgehead atoms. The minimum atomic E-state index is 0.150. The Labute approximate surface area is 75.5 Å². The van der Waals surface area contributed by atoms with Crippen LogP contribution in [0.25, 0.3) is 0 Å². The maximum Gasteiger partial charge on any atom is 0.0978 e. The highest BCUT2D eigenvalue weighted by Crippen LogP contribution is 2.41. The highest BCUT2D eigenvalue weighted by Gasteiger charge is 2.35. The summed E-state index contributed by atoms with van der Waals surface area (Å²) in [5.74, 6) is 0. The van der Waals surface area contributed by atoms with Crippen LogP contribution in [0.2, 0.25) is 0 Å². The fraction of sp³-hybridized carbons (Fsp3) is 0.444. The van der Waals surface area contributed by atoms with Crippen molar-refractivity contribution in [2.45, 2.75) is 25.7 Å². The van der Waals surface area contributed by atoms with Gasteiger partial charge in [0.25, 0.3) is 0 Å². The lowest BCUT2D eigenvalue weighted by molar-refractivity contribution is 0.317. The van der Waals surface area contributed by atoms with Crippen LogP contribution in [0.1, 0.15) is 30.7 Å². The number of thiophene rings is 1. The molecular formula is C9H11NOS. The van der Waals surface area contributed by atoms with E-state index >= 15 is 0 Å². The molecule has 0 spiro atoms. The second-order valence-electron chi connectivity index (χ2n) is 3.77. The van der Waals surface area contributed by atoms with Crippen LogP contribution in [0, 0.1) is 0 Å². The van der Waals surface area contributed by atoms with E-state index in [1.165, 1.54) is 5.56 Å². The van der Waals surface area contributed by atoms with Gasteiger partial charge in [0.1, 0.15) is 0 Å². The molecule has 2 rings (SSSR count). The van der Waals surface area contributed by atoms with Gasteiger partial charge in [-0.25, -0.2) is 0 Å². The summed E-state index contributed by atoms with van der Waals surface area (Å²) >= 11 is 1.66. The van der Waals surface area contributed by atoms with Crippen LogP contribution in [0.15, 0.2) is 16.6 Å². The number of rotatable bonds is 0. The minimum Gasteiger partial charge on any atom is -0.411 e. The zero-order chi connectivity index (χ0) is 8.77. The van der Waals surface area contributed by atoms with E-state index in [0.717, 1.165) is 17.0 Å². The molecule has 0 fully saturated rings. The van der Waals surface area contributed by atoms with Gasteiger partial charge in [0.05, 0.1) is 10.6 Å². The Kier molecular flexibility index (Phi) is 1.51. The van der Waals surface area contributed by atoms with Crippen molar-refractivity contribution in [2.75, 3.05) is 0 Å². The van der Waals surface area contributed by atoms with E-state index in [9.17, 15) is 0 Å². The van der Waals surface area contributed by atoms with Crippen LogP contribution in [0.3, 0.4) is 0 Å². The molecular weight excluding hydrogens is 170 g/mol. The standard InChI is InChI=1S/C9H11NOS/c1-9(2)5-7(10-11)8-6(9)3-4-12-8/h3-4,11H,5H2,1-2H3. The fourth-order valence-corrected chi connectivity index (χ4v) is 2.80. The van der Waals surface area contributed by atoms with Gasteiger partial charge in [0.2, 0.25) is 0 Å². The number of hydrogen-bond acceptors (Lipinski definition) is 3. The molecule has 1 aromatic heterocycles. The third kappa shape index (κ3) is 0.894. The maximum absolute atomic E-state index is 8.76. The third-order valence-corrected chi connectivity index (χ3v) is 3.35. The van der Waals surface area contributed by atoms with Gasteiger partial charge in [-0.05, 0) is 22.4 Å². The first-order chi connectivity index (χ1) is 5.65. The molecule has 1 N–H and O–H groups in total. The first-order valence-electron chi connectivity index (χ1n) is 3.94. The average molecular weight is 181 g/mol. The predicted molar refractivity (Wildman–Crippen MR) is 50.3 cm³/mol. The maximum atomic E-state index is 8.76. The molecule has 0 unspecified atom stereocenters. The molecule has 64 valence electrons. The summed E-state index contributed by atoms with van der Waals surface area (Å²) in [5, 5.41) is 14.1. The zero-order valence-corrected chi connectivity index (χ0v) is 7.98. The number of nitrogens with zero attached hydrogens (tertiary/aromatic N) is 1. The van der Waals surface area contributed by atoms with Crippen molar-refractivity contribution in [2.24, 2.45) is 5.16 Å². The molecule has 12 heavy (non-hydrogen) atoms. The van der Waals surface area contributed by atoms with Gasteiger partial charge < -0.3 is 5.21 Å². The van der Waals surface area contributed by atoms with Gasteiger partial charge in [-0.3, -0.25) is 0 Å². The highest BCUT2D eigenvalue weighted by atomic mass is 32.1. The topological polar surface area (TPSA) is 32.6 Å². The molecule has 1 aromatic rings. The van der Waals surface area contributed by atoms with Crippen molar-refractivity contribution in [3.63, 3.8) is 0 Å². The van der Waals surface area contributed by atoms with E-state index in [1.807, 2.05) is 0 Å². The van der Waals surface area contributed by atoms with Crippen LogP contribution in [-0.2, 0) is 5.41 Å². The van der Waals surface area contributed by atoms with E-state index in [1.54, 1.807) is 11.3 Å².